The van der Waals surface area contributed by atoms with Crippen LogP contribution in [0, 0.1) is 11.2 Å². The van der Waals surface area contributed by atoms with Crippen LogP contribution in [0.3, 0.4) is 0 Å². The molecule has 0 saturated carbocycles. The molecule has 2 nitrogen and oxygen atoms in total. The molecule has 48 valence electrons. The molecule has 0 aliphatic carbocycles. The lowest BCUT2D eigenvalue weighted by atomic mass is 10.5. The zero-order valence-corrected chi connectivity index (χ0v) is 5.31. The number of rotatable bonds is 0. The zero-order valence-electron chi connectivity index (χ0n) is 4.41. The minimum atomic E-state index is -0.812. The van der Waals surface area contributed by atoms with Crippen molar-refractivity contribution in [1.82, 2.24) is 0 Å². The van der Waals surface area contributed by atoms with Gasteiger partial charge in [0, 0.05) is 6.07 Å². The maximum Gasteiger partial charge on any atom is 0.370 e. The number of thiol groups is 1. The zero-order chi connectivity index (χ0) is 6.85. The van der Waals surface area contributed by atoms with Crippen molar-refractivity contribution in [2.24, 2.45) is 0 Å². The number of halogens is 1. The highest BCUT2D eigenvalue weighted by atomic mass is 32.1. The molecule has 0 N–H and O–H groups in total. The van der Waals surface area contributed by atoms with Crippen molar-refractivity contribution in [3.05, 3.63) is 29.5 Å². The van der Waals surface area contributed by atoms with Gasteiger partial charge in [0.25, 0.3) is 0 Å². The van der Waals surface area contributed by atoms with Crippen LogP contribution in [0.15, 0.2) is 23.2 Å². The van der Waals surface area contributed by atoms with Gasteiger partial charge in [0.15, 0.2) is 6.20 Å². The summed E-state index contributed by atoms with van der Waals surface area (Å²) in [5, 5.41) is 10.3. The summed E-state index contributed by atoms with van der Waals surface area (Å²) < 4.78 is 12.2. The summed E-state index contributed by atoms with van der Waals surface area (Å²) in [6.07, 6.45) is 1.05. The lowest BCUT2D eigenvalue weighted by Crippen LogP contribution is -2.30. The van der Waals surface area contributed by atoms with Gasteiger partial charge in [0.05, 0.1) is 4.90 Å². The summed E-state index contributed by atoms with van der Waals surface area (Å²) in [4.78, 5) is 0.450. The van der Waals surface area contributed by atoms with E-state index in [4.69, 9.17) is 0 Å². The Morgan fingerprint density at radius 2 is 2.22 bits per heavy atom. The molecule has 0 bridgehead atoms. The molecule has 1 heterocycles. The highest BCUT2D eigenvalue weighted by Crippen LogP contribution is 2.00. The Balaban J connectivity index is 3.17. The number of nitrogens with zero attached hydrogens (tertiary/aromatic N) is 1. The van der Waals surface area contributed by atoms with Gasteiger partial charge in [-0.3, -0.25) is 0 Å². The molecular formula is C5H4FNOS. The minimum absolute atomic E-state index is 0.127. The Morgan fingerprint density at radius 3 is 2.67 bits per heavy atom. The maximum atomic E-state index is 12.1. The van der Waals surface area contributed by atoms with Crippen molar-refractivity contribution in [2.75, 3.05) is 0 Å². The SMILES string of the molecule is [O-][n+]1cc(S)ccc1F. The first-order valence-electron chi connectivity index (χ1n) is 2.28. The van der Waals surface area contributed by atoms with Crippen LogP contribution in [0.2, 0.25) is 0 Å². The van der Waals surface area contributed by atoms with E-state index in [1.807, 2.05) is 0 Å². The van der Waals surface area contributed by atoms with Crippen molar-refractivity contribution < 1.29 is 9.12 Å². The Hall–Kier alpha value is -0.770. The van der Waals surface area contributed by atoms with Gasteiger partial charge in [-0.2, -0.15) is 0 Å². The van der Waals surface area contributed by atoms with E-state index in [9.17, 15) is 9.60 Å². The lowest BCUT2D eigenvalue weighted by Gasteiger charge is -1.94. The quantitative estimate of drug-likeness (QED) is 0.248. The minimum Gasteiger partial charge on any atom is -0.617 e. The van der Waals surface area contributed by atoms with Crippen LogP contribution in [0.25, 0.3) is 0 Å². The van der Waals surface area contributed by atoms with Gasteiger partial charge in [-0.25, -0.2) is 0 Å². The first-order valence-corrected chi connectivity index (χ1v) is 2.72. The molecule has 0 amide bonds. The van der Waals surface area contributed by atoms with E-state index in [2.05, 4.69) is 12.6 Å². The van der Waals surface area contributed by atoms with Gasteiger partial charge in [0.2, 0.25) is 0 Å². The predicted molar refractivity (Wildman–Crippen MR) is 32.6 cm³/mol. The highest BCUT2D eigenvalue weighted by Gasteiger charge is 2.00. The Labute approximate surface area is 56.9 Å². The van der Waals surface area contributed by atoms with Crippen LogP contribution >= 0.6 is 12.6 Å². The second-order valence-electron chi connectivity index (χ2n) is 1.54. The molecule has 1 rings (SSSR count). The molecule has 0 aromatic carbocycles. The van der Waals surface area contributed by atoms with Crippen molar-refractivity contribution in [3.63, 3.8) is 0 Å². The molecule has 0 unspecified atom stereocenters. The molecule has 0 radical (unpaired) electrons. The van der Waals surface area contributed by atoms with Gasteiger partial charge < -0.3 is 5.21 Å². The fourth-order valence-corrected chi connectivity index (χ4v) is 0.632. The lowest BCUT2D eigenvalue weighted by molar-refractivity contribution is -0.639. The Bertz CT molecular complexity index is 228. The highest BCUT2D eigenvalue weighted by molar-refractivity contribution is 7.80. The molecule has 0 fully saturated rings. The van der Waals surface area contributed by atoms with Crippen LogP contribution in [-0.4, -0.2) is 0 Å². The van der Waals surface area contributed by atoms with Crippen molar-refractivity contribution >= 4 is 12.6 Å². The summed E-state index contributed by atoms with van der Waals surface area (Å²) >= 11 is 3.81. The van der Waals surface area contributed by atoms with Gasteiger partial charge >= 0.3 is 5.95 Å². The molecule has 4 heteroatoms. The van der Waals surface area contributed by atoms with Crippen LogP contribution < -0.4 is 4.73 Å². The maximum absolute atomic E-state index is 12.1. The van der Waals surface area contributed by atoms with E-state index in [0.717, 1.165) is 12.3 Å². The summed E-state index contributed by atoms with van der Waals surface area (Å²) in [5.41, 5.74) is 0. The number of hydrogen-bond acceptors (Lipinski definition) is 2. The average Bonchev–Trinajstić information content (AvgIpc) is 1.80. The first kappa shape index (κ1) is 6.35. The summed E-state index contributed by atoms with van der Waals surface area (Å²) in [5.74, 6) is -0.812. The molecule has 0 aliphatic heterocycles. The average molecular weight is 145 g/mol. The van der Waals surface area contributed by atoms with Gasteiger partial charge in [-0.15, -0.1) is 21.7 Å². The smallest absolute Gasteiger partial charge is 0.370 e. The predicted octanol–water partition coefficient (Wildman–Crippen LogP) is 0.748. The summed E-state index contributed by atoms with van der Waals surface area (Å²) in [6, 6.07) is 2.47. The molecular weight excluding hydrogens is 141 g/mol. The number of hydrogen-bond donors (Lipinski definition) is 1. The molecule has 0 atom stereocenters. The standard InChI is InChI=1S/C5H4FNOS/c6-5-2-1-4(9)3-7(5)8/h1-3,9H. The molecule has 0 aliphatic rings. The molecule has 9 heavy (non-hydrogen) atoms. The Kier molecular flexibility index (Phi) is 1.57. The van der Waals surface area contributed by atoms with E-state index in [1.165, 1.54) is 6.07 Å². The fourth-order valence-electron chi connectivity index (χ4n) is 0.452. The largest absolute Gasteiger partial charge is 0.617 e. The first-order chi connectivity index (χ1) is 4.20. The van der Waals surface area contributed by atoms with E-state index in [-0.39, 0.29) is 4.73 Å². The van der Waals surface area contributed by atoms with Gasteiger partial charge in [0.1, 0.15) is 0 Å². The topological polar surface area (TPSA) is 26.9 Å². The van der Waals surface area contributed by atoms with Crippen LogP contribution in [0.4, 0.5) is 4.39 Å². The number of pyridine rings is 1. The van der Waals surface area contributed by atoms with E-state index in [1.54, 1.807) is 0 Å². The van der Waals surface area contributed by atoms with Crippen LogP contribution in [0.5, 0.6) is 0 Å². The summed E-state index contributed by atoms with van der Waals surface area (Å²) in [7, 11) is 0. The van der Waals surface area contributed by atoms with Gasteiger partial charge in [-0.05, 0) is 6.07 Å². The molecule has 0 spiro atoms. The van der Waals surface area contributed by atoms with Crippen LogP contribution in [0.1, 0.15) is 0 Å². The second-order valence-corrected chi connectivity index (χ2v) is 2.05. The second kappa shape index (κ2) is 2.23. The molecule has 1 aromatic heterocycles. The van der Waals surface area contributed by atoms with Crippen LogP contribution in [-0.2, 0) is 0 Å². The number of aromatic nitrogens is 1. The third-order valence-corrected chi connectivity index (χ3v) is 1.12. The van der Waals surface area contributed by atoms with E-state index >= 15 is 0 Å². The molecule has 1 aromatic rings. The van der Waals surface area contributed by atoms with Gasteiger partial charge in [-0.1, -0.05) is 0 Å². The van der Waals surface area contributed by atoms with Crippen molar-refractivity contribution in [2.45, 2.75) is 4.90 Å². The third-order valence-electron chi connectivity index (χ3n) is 0.852. The third kappa shape index (κ3) is 1.32. The van der Waals surface area contributed by atoms with Crippen molar-refractivity contribution in [1.29, 1.82) is 0 Å². The Morgan fingerprint density at radius 1 is 1.56 bits per heavy atom. The van der Waals surface area contributed by atoms with Crippen molar-refractivity contribution in [3.8, 4) is 0 Å². The van der Waals surface area contributed by atoms with E-state index in [0.29, 0.717) is 4.90 Å². The monoisotopic (exact) mass is 145 g/mol. The van der Waals surface area contributed by atoms with E-state index < -0.39 is 5.95 Å². The fraction of sp³-hybridized carbons (Fsp3) is 0. The summed E-state index contributed by atoms with van der Waals surface area (Å²) in [6.45, 7) is 0. The normalized spacial score (nSPS) is 9.56. The molecule has 0 saturated heterocycles.